The highest BCUT2D eigenvalue weighted by atomic mass is 79.9. The highest BCUT2D eigenvalue weighted by molar-refractivity contribution is 9.10. The Morgan fingerprint density at radius 3 is 2.43 bits per heavy atom. The highest BCUT2D eigenvalue weighted by Crippen LogP contribution is 2.53. The average molecular weight is 379 g/mol. The third-order valence-corrected chi connectivity index (χ3v) is 7.36. The van der Waals surface area contributed by atoms with E-state index < -0.39 is 0 Å². The van der Waals surface area contributed by atoms with Gasteiger partial charge >= 0.3 is 0 Å². The van der Waals surface area contributed by atoms with Crippen molar-refractivity contribution < 1.29 is 0 Å². The van der Waals surface area contributed by atoms with E-state index in [0.717, 1.165) is 0 Å². The topological polar surface area (TPSA) is 0 Å². The lowest BCUT2D eigenvalue weighted by molar-refractivity contribution is 0.661. The van der Waals surface area contributed by atoms with Crippen LogP contribution in [0.2, 0.25) is 0 Å². The summed E-state index contributed by atoms with van der Waals surface area (Å²) in [6.45, 7) is 4.68. The Morgan fingerprint density at radius 2 is 1.57 bits per heavy atom. The fourth-order valence-corrected chi connectivity index (χ4v) is 5.88. The minimum atomic E-state index is 0.0769. The first kappa shape index (κ1) is 13.8. The van der Waals surface area contributed by atoms with Crippen LogP contribution < -0.4 is 0 Å². The molecule has 1 aliphatic carbocycles. The minimum Gasteiger partial charge on any atom is -0.133 e. The molecule has 0 saturated heterocycles. The van der Waals surface area contributed by atoms with Crippen molar-refractivity contribution in [2.24, 2.45) is 0 Å². The molecule has 4 aromatic rings. The molecule has 0 N–H and O–H groups in total. The molecular formula is C21H15BrS. The lowest BCUT2D eigenvalue weighted by Gasteiger charge is -2.21. The van der Waals surface area contributed by atoms with Crippen LogP contribution in [0.15, 0.2) is 59.1 Å². The summed E-state index contributed by atoms with van der Waals surface area (Å²) in [5, 5.41) is 2.72. The van der Waals surface area contributed by atoms with Gasteiger partial charge in [-0.15, -0.1) is 11.3 Å². The Bertz CT molecular complexity index is 1100. The maximum atomic E-state index is 3.72. The summed E-state index contributed by atoms with van der Waals surface area (Å²) in [7, 11) is 0. The molecule has 1 heterocycles. The van der Waals surface area contributed by atoms with Gasteiger partial charge in [-0.2, -0.15) is 0 Å². The lowest BCUT2D eigenvalue weighted by Crippen LogP contribution is -2.14. The average Bonchev–Trinajstić information content (AvgIpc) is 3.04. The smallest absolute Gasteiger partial charge is 0.0497 e. The molecule has 1 aromatic heterocycles. The van der Waals surface area contributed by atoms with Crippen molar-refractivity contribution in [3.8, 4) is 11.1 Å². The summed E-state index contributed by atoms with van der Waals surface area (Å²) in [6.07, 6.45) is 0. The standard InChI is InChI=1S/C21H15BrS/c1-21(2)15-8-4-3-6-14(15)18-16(21)11-10-13-12-7-5-9-17(22)19(12)23-20(13)18/h3-11H,1-2H3. The highest BCUT2D eigenvalue weighted by Gasteiger charge is 2.36. The zero-order valence-electron chi connectivity index (χ0n) is 13.0. The molecule has 0 saturated carbocycles. The Hall–Kier alpha value is -1.64. The molecule has 0 fully saturated rings. The molecule has 0 atom stereocenters. The van der Waals surface area contributed by atoms with Crippen LogP contribution in [-0.2, 0) is 5.41 Å². The number of benzene rings is 3. The molecule has 0 amide bonds. The molecule has 0 unspecified atom stereocenters. The first-order chi connectivity index (χ1) is 11.1. The Balaban J connectivity index is 2.02. The Kier molecular flexibility index (Phi) is 2.67. The molecule has 23 heavy (non-hydrogen) atoms. The molecular weight excluding hydrogens is 364 g/mol. The predicted octanol–water partition coefficient (Wildman–Crippen LogP) is 7.12. The van der Waals surface area contributed by atoms with Crippen molar-refractivity contribution in [2.75, 3.05) is 0 Å². The van der Waals surface area contributed by atoms with Gasteiger partial charge in [0.1, 0.15) is 0 Å². The van der Waals surface area contributed by atoms with E-state index in [1.165, 1.54) is 46.9 Å². The third-order valence-electron chi connectivity index (χ3n) is 5.16. The molecule has 2 heteroatoms. The number of fused-ring (bicyclic) bond motifs is 7. The van der Waals surface area contributed by atoms with Gasteiger partial charge in [0.2, 0.25) is 0 Å². The van der Waals surface area contributed by atoms with Gasteiger partial charge in [0.15, 0.2) is 0 Å². The van der Waals surface area contributed by atoms with E-state index >= 15 is 0 Å². The van der Waals surface area contributed by atoms with Gasteiger partial charge in [0.05, 0.1) is 0 Å². The summed E-state index contributed by atoms with van der Waals surface area (Å²) >= 11 is 5.63. The van der Waals surface area contributed by atoms with Crippen LogP contribution in [0.5, 0.6) is 0 Å². The minimum absolute atomic E-state index is 0.0769. The van der Waals surface area contributed by atoms with E-state index in [9.17, 15) is 0 Å². The second-order valence-corrected chi connectivity index (χ2v) is 8.63. The van der Waals surface area contributed by atoms with Crippen LogP contribution in [0.1, 0.15) is 25.0 Å². The molecule has 0 bridgehead atoms. The van der Waals surface area contributed by atoms with E-state index in [1.807, 2.05) is 11.3 Å². The monoisotopic (exact) mass is 378 g/mol. The van der Waals surface area contributed by atoms with E-state index in [2.05, 4.69) is 84.4 Å². The van der Waals surface area contributed by atoms with Crippen LogP contribution in [0.4, 0.5) is 0 Å². The summed E-state index contributed by atoms with van der Waals surface area (Å²) in [5.41, 5.74) is 5.82. The Morgan fingerprint density at radius 1 is 0.783 bits per heavy atom. The van der Waals surface area contributed by atoms with Crippen molar-refractivity contribution in [1.82, 2.24) is 0 Å². The van der Waals surface area contributed by atoms with Crippen molar-refractivity contribution in [2.45, 2.75) is 19.3 Å². The fourth-order valence-electron chi connectivity index (χ4n) is 4.01. The normalized spacial score (nSPS) is 15.1. The van der Waals surface area contributed by atoms with Crippen LogP contribution in [0.25, 0.3) is 31.3 Å². The first-order valence-electron chi connectivity index (χ1n) is 7.83. The van der Waals surface area contributed by atoms with Crippen LogP contribution in [0.3, 0.4) is 0 Å². The van der Waals surface area contributed by atoms with Gasteiger partial charge in [-0.3, -0.25) is 0 Å². The van der Waals surface area contributed by atoms with Gasteiger partial charge < -0.3 is 0 Å². The van der Waals surface area contributed by atoms with E-state index in [0.29, 0.717) is 0 Å². The van der Waals surface area contributed by atoms with E-state index in [1.54, 1.807) is 0 Å². The first-order valence-corrected chi connectivity index (χ1v) is 9.44. The van der Waals surface area contributed by atoms with Gasteiger partial charge in [-0.25, -0.2) is 0 Å². The summed E-state index contributed by atoms with van der Waals surface area (Å²) in [5.74, 6) is 0. The van der Waals surface area contributed by atoms with Crippen LogP contribution in [0, 0.1) is 0 Å². The zero-order valence-corrected chi connectivity index (χ0v) is 15.4. The van der Waals surface area contributed by atoms with Gasteiger partial charge in [-0.1, -0.05) is 62.4 Å². The third kappa shape index (κ3) is 1.66. The summed E-state index contributed by atoms with van der Waals surface area (Å²) in [6, 6.07) is 20.0. The maximum Gasteiger partial charge on any atom is 0.0497 e. The van der Waals surface area contributed by atoms with E-state index in [-0.39, 0.29) is 5.41 Å². The molecule has 1 aliphatic rings. The van der Waals surface area contributed by atoms with Crippen molar-refractivity contribution in [3.05, 3.63) is 70.2 Å². The largest absolute Gasteiger partial charge is 0.133 e. The SMILES string of the molecule is CC1(C)c2ccccc2-c2c1ccc1c2sc2c(Br)cccc21. The zero-order chi connectivity index (χ0) is 15.8. The Labute approximate surface area is 147 Å². The molecule has 112 valence electrons. The number of hydrogen-bond donors (Lipinski definition) is 0. The predicted molar refractivity (Wildman–Crippen MR) is 105 cm³/mol. The maximum absolute atomic E-state index is 3.72. The molecule has 0 radical (unpaired) electrons. The number of thiophene rings is 1. The van der Waals surface area contributed by atoms with Crippen molar-refractivity contribution in [1.29, 1.82) is 0 Å². The van der Waals surface area contributed by atoms with Gasteiger partial charge in [0.25, 0.3) is 0 Å². The summed E-state index contributed by atoms with van der Waals surface area (Å²) in [4.78, 5) is 0. The second-order valence-electron chi connectivity index (χ2n) is 6.75. The van der Waals surface area contributed by atoms with Crippen LogP contribution in [-0.4, -0.2) is 0 Å². The number of halogens is 1. The number of rotatable bonds is 0. The molecule has 0 aliphatic heterocycles. The number of hydrogen-bond acceptors (Lipinski definition) is 1. The quantitative estimate of drug-likeness (QED) is 0.305. The van der Waals surface area contributed by atoms with E-state index in [4.69, 9.17) is 0 Å². The molecule has 0 spiro atoms. The molecule has 5 rings (SSSR count). The molecule has 3 aromatic carbocycles. The van der Waals surface area contributed by atoms with Gasteiger partial charge in [0, 0.05) is 35.6 Å². The summed E-state index contributed by atoms with van der Waals surface area (Å²) < 4.78 is 3.95. The van der Waals surface area contributed by atoms with Crippen molar-refractivity contribution >= 4 is 47.4 Å². The second kappa shape index (κ2) is 4.46. The van der Waals surface area contributed by atoms with Gasteiger partial charge in [-0.05, 0) is 38.7 Å². The van der Waals surface area contributed by atoms with Crippen molar-refractivity contribution in [3.63, 3.8) is 0 Å². The van der Waals surface area contributed by atoms with Crippen LogP contribution >= 0.6 is 27.3 Å². The lowest BCUT2D eigenvalue weighted by atomic mass is 9.82. The molecule has 0 nitrogen and oxygen atoms in total. The fraction of sp³-hybridized carbons (Fsp3) is 0.143.